The summed E-state index contributed by atoms with van der Waals surface area (Å²) >= 11 is 9.31. The first-order valence-electron chi connectivity index (χ1n) is 2.96. The second-order valence-corrected chi connectivity index (χ2v) is 2.72. The van der Waals surface area contributed by atoms with Crippen LogP contribution in [0.3, 0.4) is 0 Å². The van der Waals surface area contributed by atoms with Crippen LogP contribution in [-0.2, 0) is 45.6 Å². The van der Waals surface area contributed by atoms with E-state index in [9.17, 15) is 0 Å². The van der Waals surface area contributed by atoms with E-state index in [0.29, 0.717) is 11.1 Å². The molecule has 0 aliphatic carbocycles. The minimum absolute atomic E-state index is 0. The van der Waals surface area contributed by atoms with Crippen LogP contribution in [-0.4, -0.2) is 18.1 Å². The van der Waals surface area contributed by atoms with Gasteiger partial charge in [0.05, 0.1) is 5.49 Å². The molecular formula is C6H12N2S3Zn. The molecule has 0 heterocycles. The van der Waals surface area contributed by atoms with E-state index >= 15 is 0 Å². The Bertz CT molecular complexity index is 132. The number of hydrogen-bond donors (Lipinski definition) is 2. The zero-order valence-corrected chi connectivity index (χ0v) is 12.5. The fraction of sp³-hybridized carbons (Fsp3) is 0.500. The van der Waals surface area contributed by atoms with Crippen LogP contribution < -0.4 is 10.6 Å². The summed E-state index contributed by atoms with van der Waals surface area (Å²) in [5, 5.41) is 6.43. The number of nitrogens with one attached hydrogen (secondary N) is 2. The van der Waals surface area contributed by atoms with E-state index in [2.05, 4.69) is 29.4 Å². The minimum atomic E-state index is 0. The van der Waals surface area contributed by atoms with Crippen molar-refractivity contribution in [3.8, 4) is 0 Å². The topological polar surface area (TPSA) is 24.1 Å². The molecule has 0 fully saturated rings. The third-order valence-corrected chi connectivity index (χ3v) is 1.24. The summed E-state index contributed by atoms with van der Waals surface area (Å²) in [6.07, 6.45) is 0. The smallest absolute Gasteiger partial charge is 0.813 e. The van der Waals surface area contributed by atoms with Gasteiger partial charge in [-0.25, -0.2) is 0 Å². The number of thiocarbonyl (C=S) groups is 1. The van der Waals surface area contributed by atoms with Crippen LogP contribution in [0.2, 0.25) is 0 Å². The summed E-state index contributed by atoms with van der Waals surface area (Å²) in [6.45, 7) is 6.29. The Hall–Kier alpha value is 0.623. The molecule has 2 N–H and O–H groups in total. The van der Waals surface area contributed by atoms with Crippen LogP contribution in [0.15, 0.2) is 11.6 Å². The first-order chi connectivity index (χ1) is 4.66. The quantitative estimate of drug-likeness (QED) is 0.324. The summed E-state index contributed by atoms with van der Waals surface area (Å²) in [5.41, 5.74) is 1.50. The molecule has 0 spiro atoms. The number of rotatable bonds is 5. The van der Waals surface area contributed by atoms with Crippen LogP contribution in [0.25, 0.3) is 0 Å². The summed E-state index contributed by atoms with van der Waals surface area (Å²) in [4.78, 5) is 0. The largest absolute Gasteiger partial charge is 2.00 e. The molecular weight excluding hydrogens is 262 g/mol. The normalized spacial score (nSPS) is 9.75. The van der Waals surface area contributed by atoms with Crippen molar-refractivity contribution in [3.05, 3.63) is 11.6 Å². The second kappa shape index (κ2) is 11.6. The van der Waals surface area contributed by atoms with E-state index in [1.54, 1.807) is 0 Å². The molecule has 0 aromatic rings. The molecule has 0 aliphatic rings. The van der Waals surface area contributed by atoms with Crippen molar-refractivity contribution in [2.45, 2.75) is 13.0 Å². The molecule has 0 saturated heterocycles. The number of thiol groups is 1. The number of hydrogen-bond acceptors (Lipinski definition) is 4. The zero-order valence-electron chi connectivity index (χ0n) is 7.04. The van der Waals surface area contributed by atoms with Gasteiger partial charge in [-0.15, -0.1) is 11.6 Å². The average Bonchev–Trinajstić information content (AvgIpc) is 1.85. The Balaban J connectivity index is -0.000000405. The first kappa shape index (κ1) is 18.4. The van der Waals surface area contributed by atoms with Gasteiger partial charge in [-0.1, -0.05) is 12.2 Å². The Morgan fingerprint density at radius 1 is 1.75 bits per heavy atom. The Morgan fingerprint density at radius 3 is 2.58 bits per heavy atom. The minimum Gasteiger partial charge on any atom is -0.813 e. The van der Waals surface area contributed by atoms with Gasteiger partial charge in [-0.3, -0.25) is 0 Å². The van der Waals surface area contributed by atoms with Crippen molar-refractivity contribution < 1.29 is 19.5 Å². The summed E-state index contributed by atoms with van der Waals surface area (Å²) < 4.78 is 0. The molecule has 66 valence electrons. The van der Waals surface area contributed by atoms with E-state index in [-0.39, 0.29) is 33.0 Å². The van der Waals surface area contributed by atoms with Gasteiger partial charge < -0.3 is 36.8 Å². The summed E-state index contributed by atoms with van der Waals surface area (Å²) in [6, 6.07) is 0.303. The van der Waals surface area contributed by atoms with Gasteiger partial charge in [-0.2, -0.15) is 0 Å². The van der Waals surface area contributed by atoms with Gasteiger partial charge in [0, 0.05) is 12.6 Å². The van der Waals surface area contributed by atoms with Crippen LogP contribution >= 0.6 is 12.2 Å². The standard InChI is InChI=1S/C6H12N2S2.H2S.Zn/c1-5(8-4-9)3-7-6(2)10;;/h4-5,7,10H,2-3H2,1H3,(H,8,9);1H2;/q;;+2/p-2. The first-order valence-corrected chi connectivity index (χ1v) is 3.84. The predicted molar refractivity (Wildman–Crippen MR) is 59.5 cm³/mol. The van der Waals surface area contributed by atoms with Gasteiger partial charge in [0.2, 0.25) is 0 Å². The second-order valence-electron chi connectivity index (χ2n) is 1.99. The van der Waals surface area contributed by atoms with Crippen molar-refractivity contribution in [1.29, 1.82) is 0 Å². The van der Waals surface area contributed by atoms with E-state index in [0.717, 1.165) is 6.54 Å². The van der Waals surface area contributed by atoms with Crippen molar-refractivity contribution in [2.24, 2.45) is 0 Å². The third-order valence-electron chi connectivity index (χ3n) is 0.958. The molecule has 0 saturated carbocycles. The van der Waals surface area contributed by atoms with Crippen molar-refractivity contribution in [3.63, 3.8) is 0 Å². The van der Waals surface area contributed by atoms with Gasteiger partial charge in [0.25, 0.3) is 0 Å². The van der Waals surface area contributed by atoms with Gasteiger partial charge in [0.1, 0.15) is 0 Å². The van der Waals surface area contributed by atoms with Crippen LogP contribution in [0, 0.1) is 0 Å². The van der Waals surface area contributed by atoms with E-state index in [1.807, 2.05) is 6.92 Å². The molecule has 0 bridgehead atoms. The van der Waals surface area contributed by atoms with E-state index in [4.69, 9.17) is 12.6 Å². The monoisotopic (exact) mass is 272 g/mol. The Morgan fingerprint density at radius 2 is 2.25 bits per heavy atom. The fourth-order valence-electron chi connectivity index (χ4n) is 0.442. The molecule has 0 aromatic heterocycles. The predicted octanol–water partition coefficient (Wildman–Crippen LogP) is 0.257. The van der Waals surface area contributed by atoms with Crippen molar-refractivity contribution in [1.82, 2.24) is 10.6 Å². The molecule has 1 unspecified atom stereocenters. The SMILES string of the molecule is C=C([S-])NCC(C)NC=S.[SH-].[Zn+2]. The molecule has 0 aromatic carbocycles. The van der Waals surface area contributed by atoms with E-state index in [1.165, 1.54) is 5.49 Å². The van der Waals surface area contributed by atoms with Gasteiger partial charge in [-0.05, 0) is 6.92 Å². The zero-order chi connectivity index (χ0) is 7.98. The Kier molecular flexibility index (Phi) is 17.8. The maximum atomic E-state index is 4.71. The fourth-order valence-corrected chi connectivity index (χ4v) is 0.758. The van der Waals surface area contributed by atoms with Crippen LogP contribution in [0.4, 0.5) is 0 Å². The van der Waals surface area contributed by atoms with Crippen molar-refractivity contribution in [2.75, 3.05) is 6.54 Å². The average molecular weight is 274 g/mol. The molecule has 0 rings (SSSR count). The Labute approximate surface area is 105 Å². The maximum Gasteiger partial charge on any atom is 2.00 e. The third kappa shape index (κ3) is 13.2. The summed E-state index contributed by atoms with van der Waals surface area (Å²) in [7, 11) is 0. The molecule has 12 heavy (non-hydrogen) atoms. The maximum absolute atomic E-state index is 4.71. The van der Waals surface area contributed by atoms with E-state index < -0.39 is 0 Å². The molecule has 0 radical (unpaired) electrons. The van der Waals surface area contributed by atoms with Gasteiger partial charge >= 0.3 is 19.5 Å². The molecule has 2 nitrogen and oxygen atoms in total. The van der Waals surface area contributed by atoms with Crippen molar-refractivity contribution >= 4 is 43.8 Å². The van der Waals surface area contributed by atoms with Crippen LogP contribution in [0.1, 0.15) is 6.92 Å². The van der Waals surface area contributed by atoms with Gasteiger partial charge in [0.15, 0.2) is 0 Å². The molecule has 0 amide bonds. The molecule has 1 atom stereocenters. The van der Waals surface area contributed by atoms with Crippen LogP contribution in [0.5, 0.6) is 0 Å². The molecule has 0 aliphatic heterocycles. The summed E-state index contributed by atoms with van der Waals surface area (Å²) in [5.74, 6) is 0. The molecule has 6 heteroatoms.